The Hall–Kier alpha value is -1.28. The van der Waals surface area contributed by atoms with Crippen LogP contribution in [0.3, 0.4) is 0 Å². The zero-order valence-corrected chi connectivity index (χ0v) is 10.8. The van der Waals surface area contributed by atoms with Crippen LogP contribution < -0.4 is 5.32 Å². The van der Waals surface area contributed by atoms with Gasteiger partial charge in [0.25, 0.3) is 0 Å². The molecule has 0 bridgehead atoms. The van der Waals surface area contributed by atoms with Gasteiger partial charge in [0.1, 0.15) is 0 Å². The van der Waals surface area contributed by atoms with Crippen LogP contribution in [0.25, 0.3) is 0 Å². The van der Waals surface area contributed by atoms with E-state index < -0.39 is 0 Å². The second kappa shape index (κ2) is 4.71. The lowest BCUT2D eigenvalue weighted by molar-refractivity contribution is 0.899. The highest BCUT2D eigenvalue weighted by Crippen LogP contribution is 2.26. The van der Waals surface area contributed by atoms with E-state index in [2.05, 4.69) is 61.8 Å². The molecule has 0 spiro atoms. The van der Waals surface area contributed by atoms with Crippen LogP contribution in [0, 0.1) is 13.8 Å². The fraction of sp³-hybridized carbons (Fsp3) is 0.286. The fourth-order valence-electron chi connectivity index (χ4n) is 1.88. The van der Waals surface area contributed by atoms with Gasteiger partial charge < -0.3 is 5.32 Å². The molecular weight excluding hydrogens is 214 g/mol. The van der Waals surface area contributed by atoms with Crippen molar-refractivity contribution in [1.82, 2.24) is 0 Å². The molecule has 1 heterocycles. The number of hydrogen-bond acceptors (Lipinski definition) is 2. The molecule has 2 heteroatoms. The average Bonchev–Trinajstić information content (AvgIpc) is 2.64. The van der Waals surface area contributed by atoms with Crippen LogP contribution in [-0.4, -0.2) is 0 Å². The van der Waals surface area contributed by atoms with Crippen molar-refractivity contribution >= 4 is 17.0 Å². The molecule has 0 radical (unpaired) electrons. The molecule has 1 aromatic heterocycles. The third-order valence-corrected chi connectivity index (χ3v) is 3.90. The first-order valence-electron chi connectivity index (χ1n) is 5.54. The van der Waals surface area contributed by atoms with E-state index in [1.54, 1.807) is 0 Å². The Labute approximate surface area is 101 Å². The topological polar surface area (TPSA) is 12.0 Å². The molecule has 1 unspecified atom stereocenters. The first kappa shape index (κ1) is 11.2. The largest absolute Gasteiger partial charge is 0.378 e. The summed E-state index contributed by atoms with van der Waals surface area (Å²) in [6.45, 7) is 6.49. The molecule has 1 atom stereocenters. The Morgan fingerprint density at radius 2 is 2.00 bits per heavy atom. The summed E-state index contributed by atoms with van der Waals surface area (Å²) in [4.78, 5) is 1.42. The molecule has 0 aliphatic carbocycles. The molecule has 1 aromatic carbocycles. The van der Waals surface area contributed by atoms with E-state index in [-0.39, 0.29) is 0 Å². The van der Waals surface area contributed by atoms with Gasteiger partial charge in [-0.3, -0.25) is 0 Å². The number of thiophene rings is 1. The van der Waals surface area contributed by atoms with E-state index in [0.29, 0.717) is 6.04 Å². The smallest absolute Gasteiger partial charge is 0.0581 e. The Balaban J connectivity index is 2.14. The summed E-state index contributed by atoms with van der Waals surface area (Å²) in [7, 11) is 0. The quantitative estimate of drug-likeness (QED) is 0.818. The minimum atomic E-state index is 0.377. The normalized spacial score (nSPS) is 12.4. The summed E-state index contributed by atoms with van der Waals surface area (Å²) >= 11 is 1.82. The third-order valence-electron chi connectivity index (χ3n) is 2.70. The summed E-state index contributed by atoms with van der Waals surface area (Å²) in [5, 5.41) is 5.69. The first-order valence-corrected chi connectivity index (χ1v) is 6.42. The molecule has 0 saturated heterocycles. The number of aryl methyl sites for hydroxylation is 2. The van der Waals surface area contributed by atoms with Crippen LogP contribution in [0.15, 0.2) is 35.7 Å². The molecule has 2 aromatic rings. The maximum atomic E-state index is 3.54. The van der Waals surface area contributed by atoms with Gasteiger partial charge in [-0.25, -0.2) is 0 Å². The molecule has 0 aliphatic heterocycles. The third kappa shape index (κ3) is 2.45. The van der Waals surface area contributed by atoms with E-state index in [1.807, 2.05) is 11.3 Å². The molecule has 84 valence electrons. The summed E-state index contributed by atoms with van der Waals surface area (Å²) in [5.41, 5.74) is 3.86. The van der Waals surface area contributed by atoms with Crippen molar-refractivity contribution in [1.29, 1.82) is 0 Å². The lowest BCUT2D eigenvalue weighted by atomic mass is 10.1. The van der Waals surface area contributed by atoms with Crippen LogP contribution in [-0.2, 0) is 0 Å². The molecule has 2 rings (SSSR count). The van der Waals surface area contributed by atoms with E-state index in [1.165, 1.54) is 21.7 Å². The molecule has 0 aliphatic rings. The van der Waals surface area contributed by atoms with Gasteiger partial charge in [-0.1, -0.05) is 12.1 Å². The summed E-state index contributed by atoms with van der Waals surface area (Å²) < 4.78 is 0. The number of rotatable bonds is 3. The van der Waals surface area contributed by atoms with E-state index in [4.69, 9.17) is 0 Å². The van der Waals surface area contributed by atoms with Gasteiger partial charge in [0, 0.05) is 10.6 Å². The van der Waals surface area contributed by atoms with Crippen molar-refractivity contribution in [2.45, 2.75) is 26.8 Å². The van der Waals surface area contributed by atoms with Gasteiger partial charge in [-0.15, -0.1) is 11.3 Å². The molecule has 0 saturated carbocycles. The highest BCUT2D eigenvalue weighted by Gasteiger charge is 2.09. The van der Waals surface area contributed by atoms with Crippen LogP contribution >= 0.6 is 11.3 Å². The zero-order valence-electron chi connectivity index (χ0n) is 9.95. The standard InChI is InChI=1S/C14H17NS/c1-10-5-4-6-13(9-10)15-12(3)14-11(2)7-8-16-14/h4-9,12,15H,1-3H3. The van der Waals surface area contributed by atoms with Crippen molar-refractivity contribution < 1.29 is 0 Å². The number of nitrogens with one attached hydrogen (secondary N) is 1. The van der Waals surface area contributed by atoms with Gasteiger partial charge in [-0.05, 0) is 55.5 Å². The summed E-state index contributed by atoms with van der Waals surface area (Å²) in [6, 6.07) is 11.1. The van der Waals surface area contributed by atoms with Crippen LogP contribution in [0.1, 0.15) is 29.0 Å². The van der Waals surface area contributed by atoms with Crippen molar-refractivity contribution in [3.05, 3.63) is 51.7 Å². The maximum absolute atomic E-state index is 3.54. The second-order valence-corrected chi connectivity index (χ2v) is 5.15. The van der Waals surface area contributed by atoms with E-state index in [9.17, 15) is 0 Å². The number of benzene rings is 1. The molecule has 0 amide bonds. The summed E-state index contributed by atoms with van der Waals surface area (Å²) in [6.07, 6.45) is 0. The lowest BCUT2D eigenvalue weighted by Crippen LogP contribution is -2.05. The zero-order chi connectivity index (χ0) is 11.5. The van der Waals surface area contributed by atoms with Gasteiger partial charge in [0.2, 0.25) is 0 Å². The molecule has 16 heavy (non-hydrogen) atoms. The van der Waals surface area contributed by atoms with Crippen molar-refractivity contribution in [2.75, 3.05) is 5.32 Å². The Morgan fingerprint density at radius 1 is 1.19 bits per heavy atom. The van der Waals surface area contributed by atoms with E-state index in [0.717, 1.165) is 0 Å². The van der Waals surface area contributed by atoms with E-state index >= 15 is 0 Å². The number of hydrogen-bond donors (Lipinski definition) is 1. The maximum Gasteiger partial charge on any atom is 0.0581 e. The minimum absolute atomic E-state index is 0.377. The monoisotopic (exact) mass is 231 g/mol. The van der Waals surface area contributed by atoms with Crippen molar-refractivity contribution in [3.63, 3.8) is 0 Å². The van der Waals surface area contributed by atoms with Crippen LogP contribution in [0.4, 0.5) is 5.69 Å². The first-order chi connectivity index (χ1) is 7.66. The Morgan fingerprint density at radius 3 is 2.62 bits per heavy atom. The second-order valence-electron chi connectivity index (χ2n) is 4.20. The predicted molar refractivity (Wildman–Crippen MR) is 72.3 cm³/mol. The van der Waals surface area contributed by atoms with Gasteiger partial charge in [0.15, 0.2) is 0 Å². The average molecular weight is 231 g/mol. The summed E-state index contributed by atoms with van der Waals surface area (Å²) in [5.74, 6) is 0. The Bertz CT molecular complexity index is 473. The fourth-order valence-corrected chi connectivity index (χ4v) is 2.81. The van der Waals surface area contributed by atoms with Gasteiger partial charge in [0.05, 0.1) is 6.04 Å². The molecule has 1 N–H and O–H groups in total. The predicted octanol–water partition coefficient (Wildman–Crippen LogP) is 4.54. The Kier molecular flexibility index (Phi) is 3.30. The molecular formula is C14H17NS. The van der Waals surface area contributed by atoms with Crippen molar-refractivity contribution in [2.24, 2.45) is 0 Å². The van der Waals surface area contributed by atoms with Gasteiger partial charge in [-0.2, -0.15) is 0 Å². The van der Waals surface area contributed by atoms with Crippen molar-refractivity contribution in [3.8, 4) is 0 Å². The lowest BCUT2D eigenvalue weighted by Gasteiger charge is -2.15. The molecule has 0 fully saturated rings. The number of anilines is 1. The molecule has 1 nitrogen and oxygen atoms in total. The van der Waals surface area contributed by atoms with Crippen LogP contribution in [0.2, 0.25) is 0 Å². The SMILES string of the molecule is Cc1cccc(NC(C)c2sccc2C)c1. The van der Waals surface area contributed by atoms with Gasteiger partial charge >= 0.3 is 0 Å². The minimum Gasteiger partial charge on any atom is -0.378 e. The highest BCUT2D eigenvalue weighted by atomic mass is 32.1. The van der Waals surface area contributed by atoms with Crippen LogP contribution in [0.5, 0.6) is 0 Å². The highest BCUT2D eigenvalue weighted by molar-refractivity contribution is 7.10.